The second kappa shape index (κ2) is 5.22. The van der Waals surface area contributed by atoms with Crippen molar-refractivity contribution in [3.63, 3.8) is 0 Å². The zero-order valence-electron chi connectivity index (χ0n) is 10.9. The van der Waals surface area contributed by atoms with E-state index in [1.54, 1.807) is 6.07 Å². The molecular formula is C14H16N2O3. The first-order chi connectivity index (χ1) is 8.97. The highest BCUT2D eigenvalue weighted by atomic mass is 16.2. The van der Waals surface area contributed by atoms with Crippen LogP contribution in [0.15, 0.2) is 18.2 Å². The van der Waals surface area contributed by atoms with Gasteiger partial charge in [0.05, 0.1) is 0 Å². The Hall–Kier alpha value is -2.17. The van der Waals surface area contributed by atoms with Crippen LogP contribution in [-0.2, 0) is 9.59 Å². The number of amides is 3. The quantitative estimate of drug-likeness (QED) is 0.774. The minimum absolute atomic E-state index is 0.253. The fraction of sp³-hybridized carbons (Fsp3) is 0.357. The van der Waals surface area contributed by atoms with E-state index in [0.717, 1.165) is 11.1 Å². The van der Waals surface area contributed by atoms with Gasteiger partial charge in [0.15, 0.2) is 0 Å². The third kappa shape index (κ3) is 2.99. The second-order valence-electron chi connectivity index (χ2n) is 4.80. The van der Waals surface area contributed by atoms with Gasteiger partial charge in [-0.1, -0.05) is 17.7 Å². The molecule has 5 nitrogen and oxygen atoms in total. The molecule has 1 aromatic rings. The maximum absolute atomic E-state index is 12.1. The molecule has 0 aromatic heterocycles. The summed E-state index contributed by atoms with van der Waals surface area (Å²) in [7, 11) is 0. The molecule has 2 rings (SSSR count). The zero-order chi connectivity index (χ0) is 14.0. The van der Waals surface area contributed by atoms with Crippen molar-refractivity contribution in [3.05, 3.63) is 34.9 Å². The molecule has 0 radical (unpaired) electrons. The van der Waals surface area contributed by atoms with Crippen molar-refractivity contribution in [2.75, 3.05) is 0 Å². The second-order valence-corrected chi connectivity index (χ2v) is 4.80. The van der Waals surface area contributed by atoms with Crippen molar-refractivity contribution in [1.29, 1.82) is 0 Å². The number of benzene rings is 1. The normalized spacial score (nSPS) is 18.9. The van der Waals surface area contributed by atoms with E-state index >= 15 is 0 Å². The monoisotopic (exact) mass is 260 g/mol. The van der Waals surface area contributed by atoms with Gasteiger partial charge in [0.1, 0.15) is 6.04 Å². The van der Waals surface area contributed by atoms with Crippen LogP contribution in [0.2, 0.25) is 0 Å². The van der Waals surface area contributed by atoms with E-state index in [4.69, 9.17) is 0 Å². The van der Waals surface area contributed by atoms with Gasteiger partial charge < -0.3 is 5.32 Å². The fourth-order valence-electron chi connectivity index (χ4n) is 2.05. The predicted molar refractivity (Wildman–Crippen MR) is 69.6 cm³/mol. The number of hydrogen-bond donors (Lipinski definition) is 2. The van der Waals surface area contributed by atoms with E-state index in [9.17, 15) is 14.4 Å². The summed E-state index contributed by atoms with van der Waals surface area (Å²) in [5.74, 6) is -1.01. The largest absolute Gasteiger partial charge is 0.340 e. The lowest BCUT2D eigenvalue weighted by atomic mass is 10.0. The first-order valence-electron chi connectivity index (χ1n) is 6.19. The zero-order valence-corrected chi connectivity index (χ0v) is 10.9. The summed E-state index contributed by atoms with van der Waals surface area (Å²) in [5, 5.41) is 4.89. The summed E-state index contributed by atoms with van der Waals surface area (Å²) in [4.78, 5) is 34.7. The molecule has 1 aliphatic heterocycles. The predicted octanol–water partition coefficient (Wildman–Crippen LogP) is 0.838. The molecule has 1 fully saturated rings. The number of rotatable bonds is 2. The third-order valence-corrected chi connectivity index (χ3v) is 3.18. The van der Waals surface area contributed by atoms with Crippen LogP contribution < -0.4 is 10.6 Å². The average Bonchev–Trinajstić information content (AvgIpc) is 2.35. The van der Waals surface area contributed by atoms with E-state index < -0.39 is 11.9 Å². The highest BCUT2D eigenvalue weighted by Crippen LogP contribution is 2.12. The van der Waals surface area contributed by atoms with Crippen molar-refractivity contribution < 1.29 is 14.4 Å². The number of aryl methyl sites for hydroxylation is 2. The number of hydrogen-bond acceptors (Lipinski definition) is 3. The fourth-order valence-corrected chi connectivity index (χ4v) is 2.05. The molecule has 100 valence electrons. The molecule has 19 heavy (non-hydrogen) atoms. The summed E-state index contributed by atoms with van der Waals surface area (Å²) >= 11 is 0. The smallest absolute Gasteiger partial charge is 0.252 e. The van der Waals surface area contributed by atoms with E-state index in [-0.39, 0.29) is 18.2 Å². The Bertz CT molecular complexity index is 552. The minimum Gasteiger partial charge on any atom is -0.340 e. The van der Waals surface area contributed by atoms with Gasteiger partial charge in [0.2, 0.25) is 11.8 Å². The minimum atomic E-state index is -0.634. The first-order valence-corrected chi connectivity index (χ1v) is 6.19. The van der Waals surface area contributed by atoms with Crippen LogP contribution in [-0.4, -0.2) is 23.8 Å². The van der Waals surface area contributed by atoms with E-state index in [0.29, 0.717) is 12.0 Å². The van der Waals surface area contributed by atoms with Crippen LogP contribution >= 0.6 is 0 Å². The van der Waals surface area contributed by atoms with Gasteiger partial charge in [-0.25, -0.2) is 0 Å². The molecule has 1 unspecified atom stereocenters. The van der Waals surface area contributed by atoms with Crippen molar-refractivity contribution in [3.8, 4) is 0 Å². The summed E-state index contributed by atoms with van der Waals surface area (Å²) in [6.07, 6.45) is 0.602. The van der Waals surface area contributed by atoms with Gasteiger partial charge in [-0.05, 0) is 31.9 Å². The van der Waals surface area contributed by atoms with Crippen molar-refractivity contribution in [2.24, 2.45) is 0 Å². The lowest BCUT2D eigenvalue weighted by Crippen LogP contribution is -2.52. The Morgan fingerprint density at radius 1 is 1.32 bits per heavy atom. The molecule has 1 aliphatic rings. The van der Waals surface area contributed by atoms with Crippen molar-refractivity contribution >= 4 is 17.7 Å². The molecular weight excluding hydrogens is 244 g/mol. The summed E-state index contributed by atoms with van der Waals surface area (Å²) in [6, 6.07) is 4.95. The lowest BCUT2D eigenvalue weighted by molar-refractivity contribution is -0.134. The Labute approximate surface area is 111 Å². The highest BCUT2D eigenvalue weighted by Gasteiger charge is 2.28. The van der Waals surface area contributed by atoms with Crippen LogP contribution in [0.4, 0.5) is 0 Å². The van der Waals surface area contributed by atoms with Crippen LogP contribution in [0, 0.1) is 13.8 Å². The van der Waals surface area contributed by atoms with Gasteiger partial charge in [0, 0.05) is 12.0 Å². The Balaban J connectivity index is 2.11. The molecule has 0 aliphatic carbocycles. The van der Waals surface area contributed by atoms with Gasteiger partial charge in [-0.15, -0.1) is 0 Å². The van der Waals surface area contributed by atoms with Crippen LogP contribution in [0.25, 0.3) is 0 Å². The summed E-state index contributed by atoms with van der Waals surface area (Å²) in [6.45, 7) is 3.75. The molecule has 0 bridgehead atoms. The van der Waals surface area contributed by atoms with E-state index in [1.165, 1.54) is 0 Å². The number of imide groups is 1. The molecule has 0 saturated carbocycles. The third-order valence-electron chi connectivity index (χ3n) is 3.18. The standard InChI is InChI=1S/C14H16N2O3/c1-8-3-4-9(2)10(7-8)13(18)15-11-5-6-12(17)16-14(11)19/h3-4,7,11H,5-6H2,1-2H3,(H,15,18)(H,16,17,19). The maximum Gasteiger partial charge on any atom is 0.252 e. The van der Waals surface area contributed by atoms with Gasteiger partial charge in [-0.3, -0.25) is 19.7 Å². The SMILES string of the molecule is Cc1ccc(C)c(C(=O)NC2CCC(=O)NC2=O)c1. The molecule has 1 heterocycles. The summed E-state index contributed by atoms with van der Waals surface area (Å²) < 4.78 is 0. The number of nitrogens with one attached hydrogen (secondary N) is 2. The topological polar surface area (TPSA) is 75.3 Å². The molecule has 2 N–H and O–H groups in total. The van der Waals surface area contributed by atoms with Gasteiger partial charge in [0.25, 0.3) is 5.91 Å². The Morgan fingerprint density at radius 2 is 2.05 bits per heavy atom. The van der Waals surface area contributed by atoms with E-state index in [1.807, 2.05) is 26.0 Å². The highest BCUT2D eigenvalue weighted by molar-refractivity contribution is 6.04. The number of carbonyl (C=O) groups excluding carboxylic acids is 3. The van der Waals surface area contributed by atoms with Crippen LogP contribution in [0.5, 0.6) is 0 Å². The first kappa shape index (κ1) is 13.3. The number of piperidine rings is 1. The molecule has 1 saturated heterocycles. The molecule has 1 aromatic carbocycles. The molecule has 0 spiro atoms. The van der Waals surface area contributed by atoms with Gasteiger partial charge in [-0.2, -0.15) is 0 Å². The molecule has 3 amide bonds. The van der Waals surface area contributed by atoms with E-state index in [2.05, 4.69) is 10.6 Å². The van der Waals surface area contributed by atoms with Crippen LogP contribution in [0.3, 0.4) is 0 Å². The van der Waals surface area contributed by atoms with Gasteiger partial charge >= 0.3 is 0 Å². The van der Waals surface area contributed by atoms with Crippen molar-refractivity contribution in [2.45, 2.75) is 32.7 Å². The maximum atomic E-state index is 12.1. The summed E-state index contributed by atoms with van der Waals surface area (Å²) in [5.41, 5.74) is 2.40. The Morgan fingerprint density at radius 3 is 2.74 bits per heavy atom. The average molecular weight is 260 g/mol. The Kier molecular flexibility index (Phi) is 3.64. The van der Waals surface area contributed by atoms with Crippen molar-refractivity contribution in [1.82, 2.24) is 10.6 Å². The van der Waals surface area contributed by atoms with Crippen LogP contribution in [0.1, 0.15) is 34.3 Å². The molecule has 5 heteroatoms. The lowest BCUT2D eigenvalue weighted by Gasteiger charge is -2.22. The molecule has 1 atom stereocenters. The number of carbonyl (C=O) groups is 3.